The topological polar surface area (TPSA) is 59.0 Å². The normalized spacial score (nSPS) is 44.9. The van der Waals surface area contributed by atoms with Crippen molar-refractivity contribution in [2.45, 2.75) is 56.6 Å². The molecule has 0 aromatic carbocycles. The quantitative estimate of drug-likeness (QED) is 0.709. The Labute approximate surface area is 94.3 Å². The summed E-state index contributed by atoms with van der Waals surface area (Å²) in [7, 11) is 0. The van der Waals surface area contributed by atoms with E-state index in [0.717, 1.165) is 19.3 Å². The highest BCUT2D eigenvalue weighted by Gasteiger charge is 2.56. The van der Waals surface area contributed by atoms with Gasteiger partial charge in [-0.3, -0.25) is 4.90 Å². The van der Waals surface area contributed by atoms with Crippen LogP contribution in [-0.2, 0) is 9.47 Å². The van der Waals surface area contributed by atoms with Gasteiger partial charge in [0.2, 0.25) is 0 Å². The fraction of sp³-hybridized carbons (Fsp3) is 0.909. The number of nitrogens with zero attached hydrogens (tertiary/aromatic N) is 1. The molecule has 5 heteroatoms. The van der Waals surface area contributed by atoms with Crippen molar-refractivity contribution < 1.29 is 19.4 Å². The Bertz CT molecular complexity index is 308. The summed E-state index contributed by atoms with van der Waals surface area (Å²) in [6.45, 7) is 2.17. The van der Waals surface area contributed by atoms with Gasteiger partial charge in [0, 0.05) is 0 Å². The molecule has 5 atom stereocenters. The number of piperidine rings is 2. The summed E-state index contributed by atoms with van der Waals surface area (Å²) in [6.07, 6.45) is 1.69. The van der Waals surface area contributed by atoms with E-state index in [0.29, 0.717) is 6.61 Å². The van der Waals surface area contributed by atoms with Crippen LogP contribution in [0, 0.1) is 0 Å². The van der Waals surface area contributed by atoms with E-state index in [1.165, 1.54) is 0 Å². The molecule has 3 heterocycles. The second-order valence-electron chi connectivity index (χ2n) is 4.76. The van der Waals surface area contributed by atoms with Crippen LogP contribution < -0.4 is 0 Å². The number of hydrogen-bond donors (Lipinski definition) is 1. The van der Waals surface area contributed by atoms with Crippen molar-refractivity contribution in [3.8, 4) is 0 Å². The molecule has 0 spiro atoms. The van der Waals surface area contributed by atoms with Crippen LogP contribution in [0.1, 0.15) is 26.2 Å². The van der Waals surface area contributed by atoms with Gasteiger partial charge in [-0.05, 0) is 26.2 Å². The molecule has 5 nitrogen and oxygen atoms in total. The van der Waals surface area contributed by atoms with E-state index >= 15 is 0 Å². The van der Waals surface area contributed by atoms with Gasteiger partial charge < -0.3 is 14.6 Å². The maximum atomic E-state index is 11.9. The highest BCUT2D eigenvalue weighted by atomic mass is 16.6. The number of carbonyl (C=O) groups excluding carboxylic acids is 1. The number of aliphatic hydroxyl groups is 1. The number of ether oxygens (including phenoxy) is 2. The molecule has 0 radical (unpaired) electrons. The lowest BCUT2D eigenvalue weighted by Crippen LogP contribution is -2.61. The monoisotopic (exact) mass is 227 g/mol. The zero-order valence-electron chi connectivity index (χ0n) is 9.33. The zero-order valence-corrected chi connectivity index (χ0v) is 9.33. The minimum absolute atomic E-state index is 0.0758. The van der Waals surface area contributed by atoms with Gasteiger partial charge in [0.1, 0.15) is 6.10 Å². The summed E-state index contributed by atoms with van der Waals surface area (Å²) in [4.78, 5) is 13.6. The van der Waals surface area contributed by atoms with Gasteiger partial charge in [0.15, 0.2) is 0 Å². The molecule has 16 heavy (non-hydrogen) atoms. The second kappa shape index (κ2) is 3.60. The first-order chi connectivity index (χ1) is 7.72. The van der Waals surface area contributed by atoms with Gasteiger partial charge in [-0.2, -0.15) is 0 Å². The molecule has 3 rings (SSSR count). The maximum Gasteiger partial charge on any atom is 0.410 e. The molecular weight excluding hydrogens is 210 g/mol. The minimum Gasteiger partial charge on any atom is -0.450 e. The number of carbonyl (C=O) groups is 1. The Morgan fingerprint density at radius 3 is 3.00 bits per heavy atom. The molecule has 3 bridgehead atoms. The van der Waals surface area contributed by atoms with Crippen LogP contribution in [0.15, 0.2) is 0 Å². The maximum absolute atomic E-state index is 11.9. The third-order valence-electron chi connectivity index (χ3n) is 3.97. The molecule has 3 aliphatic heterocycles. The molecule has 1 amide bonds. The predicted molar refractivity (Wildman–Crippen MR) is 55.0 cm³/mol. The Morgan fingerprint density at radius 1 is 1.44 bits per heavy atom. The molecule has 0 aromatic rings. The number of aliphatic hydroxyl groups excluding tert-OH is 1. The SMILES string of the molecule is CCOC(=O)N1C2CC3OC2CCC1C3O. The molecule has 0 aromatic heterocycles. The Kier molecular flexibility index (Phi) is 2.33. The lowest BCUT2D eigenvalue weighted by Gasteiger charge is -2.45. The third-order valence-corrected chi connectivity index (χ3v) is 3.97. The summed E-state index contributed by atoms with van der Waals surface area (Å²) in [5, 5.41) is 10.1. The summed E-state index contributed by atoms with van der Waals surface area (Å²) in [5.41, 5.74) is 0. The summed E-state index contributed by atoms with van der Waals surface area (Å²) in [5.74, 6) is 0. The molecule has 3 fully saturated rings. The Balaban J connectivity index is 1.86. The van der Waals surface area contributed by atoms with Gasteiger partial charge in [0.25, 0.3) is 0 Å². The lowest BCUT2D eigenvalue weighted by atomic mass is 9.83. The first-order valence-electron chi connectivity index (χ1n) is 6.01. The van der Waals surface area contributed by atoms with Crippen molar-refractivity contribution in [2.75, 3.05) is 6.61 Å². The fourth-order valence-electron chi connectivity index (χ4n) is 3.31. The summed E-state index contributed by atoms with van der Waals surface area (Å²) >= 11 is 0. The Hall–Kier alpha value is -0.810. The second-order valence-corrected chi connectivity index (χ2v) is 4.76. The molecular formula is C11H17NO4. The number of hydrogen-bond acceptors (Lipinski definition) is 4. The van der Waals surface area contributed by atoms with E-state index in [2.05, 4.69) is 0 Å². The van der Waals surface area contributed by atoms with Crippen molar-refractivity contribution in [2.24, 2.45) is 0 Å². The lowest BCUT2D eigenvalue weighted by molar-refractivity contribution is -0.0442. The van der Waals surface area contributed by atoms with E-state index in [1.807, 2.05) is 0 Å². The van der Waals surface area contributed by atoms with E-state index in [4.69, 9.17) is 9.47 Å². The van der Waals surface area contributed by atoms with Crippen molar-refractivity contribution in [1.29, 1.82) is 0 Å². The van der Waals surface area contributed by atoms with Crippen LogP contribution in [0.3, 0.4) is 0 Å². The molecule has 90 valence electrons. The average Bonchev–Trinajstić information content (AvgIpc) is 2.59. The van der Waals surface area contributed by atoms with E-state index in [1.54, 1.807) is 11.8 Å². The highest BCUT2D eigenvalue weighted by molar-refractivity contribution is 5.69. The van der Waals surface area contributed by atoms with E-state index < -0.39 is 6.10 Å². The molecule has 5 unspecified atom stereocenters. The van der Waals surface area contributed by atoms with Gasteiger partial charge >= 0.3 is 6.09 Å². The fourth-order valence-corrected chi connectivity index (χ4v) is 3.31. The molecule has 3 aliphatic rings. The predicted octanol–water partition coefficient (Wildman–Crippen LogP) is 0.508. The molecule has 0 aliphatic carbocycles. The largest absolute Gasteiger partial charge is 0.450 e. The van der Waals surface area contributed by atoms with Gasteiger partial charge in [-0.15, -0.1) is 0 Å². The number of rotatable bonds is 1. The highest BCUT2D eigenvalue weighted by Crippen LogP contribution is 2.43. The Morgan fingerprint density at radius 2 is 2.25 bits per heavy atom. The summed E-state index contributed by atoms with van der Waals surface area (Å²) in [6, 6.07) is 0.00718. The van der Waals surface area contributed by atoms with Gasteiger partial charge in [-0.25, -0.2) is 4.79 Å². The van der Waals surface area contributed by atoms with Crippen molar-refractivity contribution in [3.05, 3.63) is 0 Å². The standard InChI is InChI=1S/C11H17NO4/c1-2-15-11(14)12-6-3-4-8-7(12)5-9(16-8)10(6)13/h6-10,13H,2-5H2,1H3. The van der Waals surface area contributed by atoms with Crippen LogP contribution in [0.2, 0.25) is 0 Å². The van der Waals surface area contributed by atoms with Crippen LogP contribution in [0.5, 0.6) is 0 Å². The molecule has 1 N–H and O–H groups in total. The first-order valence-corrected chi connectivity index (χ1v) is 6.01. The minimum atomic E-state index is -0.548. The van der Waals surface area contributed by atoms with Crippen molar-refractivity contribution >= 4 is 6.09 Å². The van der Waals surface area contributed by atoms with Crippen molar-refractivity contribution in [3.63, 3.8) is 0 Å². The molecule has 3 saturated heterocycles. The van der Waals surface area contributed by atoms with Gasteiger partial charge in [-0.1, -0.05) is 0 Å². The van der Waals surface area contributed by atoms with Crippen LogP contribution in [-0.4, -0.2) is 53.1 Å². The van der Waals surface area contributed by atoms with Gasteiger partial charge in [0.05, 0.1) is 30.9 Å². The average molecular weight is 227 g/mol. The van der Waals surface area contributed by atoms with Crippen molar-refractivity contribution in [1.82, 2.24) is 4.90 Å². The number of fused-ring (bicyclic) bond motifs is 2. The third kappa shape index (κ3) is 1.28. The number of amides is 1. The smallest absolute Gasteiger partial charge is 0.410 e. The van der Waals surface area contributed by atoms with E-state index in [9.17, 15) is 9.90 Å². The van der Waals surface area contributed by atoms with Crippen LogP contribution in [0.4, 0.5) is 4.79 Å². The van der Waals surface area contributed by atoms with E-state index in [-0.39, 0.29) is 30.4 Å². The van der Waals surface area contributed by atoms with Crippen LogP contribution >= 0.6 is 0 Å². The van der Waals surface area contributed by atoms with Crippen LogP contribution in [0.25, 0.3) is 0 Å². The molecule has 0 saturated carbocycles. The zero-order chi connectivity index (χ0) is 11.3. The summed E-state index contributed by atoms with van der Waals surface area (Å²) < 4.78 is 10.8. The first kappa shape index (κ1) is 10.4.